The average molecular weight is 281 g/mol. The van der Waals surface area contributed by atoms with Gasteiger partial charge in [0, 0.05) is 0 Å². The number of rotatable bonds is 2. The zero-order chi connectivity index (χ0) is 11.8. The van der Waals surface area contributed by atoms with Crippen LogP contribution >= 0.6 is 35.3 Å². The van der Waals surface area contributed by atoms with Crippen LogP contribution < -0.4 is 5.43 Å². The molecule has 2 heterocycles. The van der Waals surface area contributed by atoms with Crippen LogP contribution in [0.25, 0.3) is 10.2 Å². The summed E-state index contributed by atoms with van der Waals surface area (Å²) < 4.78 is 1.63. The number of nitrogens with one attached hydrogen (secondary N) is 1. The third-order valence-electron chi connectivity index (χ3n) is 2.25. The van der Waals surface area contributed by atoms with Crippen LogP contribution in [0, 0.1) is 0 Å². The lowest BCUT2D eigenvalue weighted by molar-refractivity contribution is -0.123. The zero-order valence-electron chi connectivity index (χ0n) is 8.54. The molecule has 1 aromatic heterocycles. The second kappa shape index (κ2) is 4.25. The summed E-state index contributed by atoms with van der Waals surface area (Å²) >= 11 is 7.94. The summed E-state index contributed by atoms with van der Waals surface area (Å²) in [5.74, 6) is 0.371. The fourth-order valence-electron chi connectivity index (χ4n) is 1.48. The normalized spacial score (nSPS) is 15.9. The maximum absolute atomic E-state index is 11.5. The number of amides is 1. The summed E-state index contributed by atoms with van der Waals surface area (Å²) in [5.41, 5.74) is 3.88. The molecule has 1 aliphatic rings. The quantitative estimate of drug-likeness (QED) is 0.857. The number of thiocarbonyl (C=S) groups is 1. The molecule has 17 heavy (non-hydrogen) atoms. The zero-order valence-corrected chi connectivity index (χ0v) is 11.0. The number of carbonyl (C=O) groups is 1. The molecule has 1 saturated heterocycles. The maximum atomic E-state index is 11.5. The Morgan fingerprint density at radius 2 is 2.24 bits per heavy atom. The summed E-state index contributed by atoms with van der Waals surface area (Å²) in [5, 5.41) is 2.07. The van der Waals surface area contributed by atoms with E-state index in [0.717, 1.165) is 10.2 Å². The Labute approximate surface area is 111 Å². The first-order chi connectivity index (χ1) is 8.24. The molecule has 4 nitrogen and oxygen atoms in total. The summed E-state index contributed by atoms with van der Waals surface area (Å²) in [6.45, 7) is 0. The molecule has 0 radical (unpaired) electrons. The minimum Gasteiger partial charge on any atom is -0.272 e. The van der Waals surface area contributed by atoms with E-state index in [4.69, 9.17) is 12.2 Å². The van der Waals surface area contributed by atoms with Crippen LogP contribution in [0.1, 0.15) is 0 Å². The molecule has 1 N–H and O–H groups in total. The predicted molar refractivity (Wildman–Crippen MR) is 75.1 cm³/mol. The Balaban J connectivity index is 1.89. The molecule has 7 heteroatoms. The number of benzene rings is 1. The van der Waals surface area contributed by atoms with Crippen LogP contribution in [-0.4, -0.2) is 26.0 Å². The number of hydrogen-bond donors (Lipinski definition) is 1. The van der Waals surface area contributed by atoms with Crippen molar-refractivity contribution in [3.63, 3.8) is 0 Å². The lowest BCUT2D eigenvalue weighted by Crippen LogP contribution is -2.34. The van der Waals surface area contributed by atoms with Crippen molar-refractivity contribution in [3.8, 4) is 0 Å². The number of anilines is 1. The summed E-state index contributed by atoms with van der Waals surface area (Å²) in [6, 6.07) is 7.84. The minimum atomic E-state index is -0.0285. The van der Waals surface area contributed by atoms with Crippen LogP contribution in [0.3, 0.4) is 0 Å². The third-order valence-corrected chi connectivity index (χ3v) is 4.55. The first-order valence-electron chi connectivity index (χ1n) is 4.86. The molecule has 0 spiro atoms. The van der Waals surface area contributed by atoms with Gasteiger partial charge in [0.05, 0.1) is 16.0 Å². The predicted octanol–water partition coefficient (Wildman–Crippen LogP) is 2.48. The van der Waals surface area contributed by atoms with E-state index in [1.807, 2.05) is 24.3 Å². The molecule has 0 unspecified atom stereocenters. The highest BCUT2D eigenvalue weighted by Gasteiger charge is 2.27. The molecule has 2 aromatic rings. The van der Waals surface area contributed by atoms with Crippen molar-refractivity contribution in [2.45, 2.75) is 0 Å². The van der Waals surface area contributed by atoms with E-state index in [-0.39, 0.29) is 5.91 Å². The standard InChI is InChI=1S/C10H7N3OS3/c14-8-5-16-10(15)13(8)12-9-11-6-3-1-2-4-7(6)17-9/h1-4H,5H2,(H,11,12). The molecule has 0 atom stereocenters. The molecule has 3 rings (SSSR count). The van der Waals surface area contributed by atoms with E-state index in [1.54, 1.807) is 0 Å². The second-order valence-electron chi connectivity index (χ2n) is 3.38. The van der Waals surface area contributed by atoms with Gasteiger partial charge in [-0.25, -0.2) is 9.99 Å². The third kappa shape index (κ3) is 2.01. The number of aromatic nitrogens is 1. The van der Waals surface area contributed by atoms with E-state index in [2.05, 4.69) is 10.4 Å². The number of hydrazine groups is 1. The van der Waals surface area contributed by atoms with Gasteiger partial charge in [0.2, 0.25) is 5.13 Å². The van der Waals surface area contributed by atoms with Gasteiger partial charge in [-0.1, -0.05) is 47.4 Å². The van der Waals surface area contributed by atoms with Crippen molar-refractivity contribution < 1.29 is 4.79 Å². The van der Waals surface area contributed by atoms with Crippen molar-refractivity contribution >= 4 is 60.9 Å². The molecule has 1 aliphatic heterocycles. The number of thioether (sulfide) groups is 1. The monoisotopic (exact) mass is 281 g/mol. The molecule has 0 saturated carbocycles. The highest BCUT2D eigenvalue weighted by Crippen LogP contribution is 2.27. The van der Waals surface area contributed by atoms with Crippen LogP contribution in [0.4, 0.5) is 5.13 Å². The van der Waals surface area contributed by atoms with Gasteiger partial charge in [0.1, 0.15) is 0 Å². The van der Waals surface area contributed by atoms with Gasteiger partial charge in [-0.3, -0.25) is 10.2 Å². The van der Waals surface area contributed by atoms with Crippen LogP contribution in [-0.2, 0) is 4.79 Å². The average Bonchev–Trinajstić information content (AvgIpc) is 2.87. The number of thiazole rings is 1. The number of para-hydroxylation sites is 1. The SMILES string of the molecule is O=C1CSC(=S)N1Nc1nc2ccccc2s1. The van der Waals surface area contributed by atoms with Gasteiger partial charge in [-0.05, 0) is 12.1 Å². The highest BCUT2D eigenvalue weighted by molar-refractivity contribution is 8.23. The lowest BCUT2D eigenvalue weighted by Gasteiger charge is -2.14. The topological polar surface area (TPSA) is 45.2 Å². The second-order valence-corrected chi connectivity index (χ2v) is 6.02. The molecule has 1 fully saturated rings. The number of carbonyl (C=O) groups excluding carboxylic acids is 1. The van der Waals surface area contributed by atoms with Gasteiger partial charge >= 0.3 is 0 Å². The van der Waals surface area contributed by atoms with Crippen LogP contribution in [0.5, 0.6) is 0 Å². The van der Waals surface area contributed by atoms with Crippen molar-refractivity contribution in [2.24, 2.45) is 0 Å². The van der Waals surface area contributed by atoms with Gasteiger partial charge in [-0.2, -0.15) is 0 Å². The van der Waals surface area contributed by atoms with Crippen molar-refractivity contribution in [1.29, 1.82) is 0 Å². The Hall–Kier alpha value is -1.18. The lowest BCUT2D eigenvalue weighted by atomic mass is 10.3. The number of hydrogen-bond acceptors (Lipinski definition) is 6. The molecule has 1 aromatic carbocycles. The van der Waals surface area contributed by atoms with E-state index in [1.165, 1.54) is 28.1 Å². The van der Waals surface area contributed by atoms with E-state index < -0.39 is 0 Å². The molecular weight excluding hydrogens is 274 g/mol. The fraction of sp³-hybridized carbons (Fsp3) is 0.100. The summed E-state index contributed by atoms with van der Waals surface area (Å²) in [4.78, 5) is 15.9. The smallest absolute Gasteiger partial charge is 0.257 e. The summed E-state index contributed by atoms with van der Waals surface area (Å²) in [7, 11) is 0. The number of nitrogens with zero attached hydrogens (tertiary/aromatic N) is 2. The molecule has 1 amide bonds. The van der Waals surface area contributed by atoms with Gasteiger partial charge in [0.25, 0.3) is 5.91 Å². The summed E-state index contributed by atoms with van der Waals surface area (Å²) in [6.07, 6.45) is 0. The molecule has 86 valence electrons. The van der Waals surface area contributed by atoms with Crippen molar-refractivity contribution in [3.05, 3.63) is 24.3 Å². The first kappa shape index (κ1) is 10.9. The van der Waals surface area contributed by atoms with E-state index in [9.17, 15) is 4.79 Å². The molecule has 0 aliphatic carbocycles. The molecule has 0 bridgehead atoms. The first-order valence-corrected chi connectivity index (χ1v) is 7.07. The van der Waals surface area contributed by atoms with Crippen molar-refractivity contribution in [1.82, 2.24) is 9.99 Å². The Morgan fingerprint density at radius 3 is 2.94 bits per heavy atom. The highest BCUT2D eigenvalue weighted by atomic mass is 32.2. The van der Waals surface area contributed by atoms with Crippen molar-refractivity contribution in [2.75, 3.05) is 11.2 Å². The van der Waals surface area contributed by atoms with Gasteiger partial charge in [0.15, 0.2) is 4.32 Å². The minimum absolute atomic E-state index is 0.0285. The Kier molecular flexibility index (Phi) is 2.73. The Bertz CT molecular complexity index is 561. The van der Waals surface area contributed by atoms with E-state index in [0.29, 0.717) is 15.2 Å². The van der Waals surface area contributed by atoms with Gasteiger partial charge in [-0.15, -0.1) is 0 Å². The molecular formula is C10H7N3OS3. The van der Waals surface area contributed by atoms with Gasteiger partial charge < -0.3 is 0 Å². The maximum Gasteiger partial charge on any atom is 0.257 e. The fourth-order valence-corrected chi connectivity index (χ4v) is 3.31. The number of fused-ring (bicyclic) bond motifs is 1. The van der Waals surface area contributed by atoms with Crippen LogP contribution in [0.15, 0.2) is 24.3 Å². The Morgan fingerprint density at radius 1 is 1.41 bits per heavy atom. The van der Waals surface area contributed by atoms with Crippen LogP contribution in [0.2, 0.25) is 0 Å². The van der Waals surface area contributed by atoms with E-state index >= 15 is 0 Å². The largest absolute Gasteiger partial charge is 0.272 e.